The van der Waals surface area contributed by atoms with E-state index in [1.807, 2.05) is 0 Å². The number of halogens is 4. The van der Waals surface area contributed by atoms with Crippen LogP contribution in [0.1, 0.15) is 11.1 Å². The number of hydrogen-bond donors (Lipinski definition) is 1. The van der Waals surface area contributed by atoms with Crippen molar-refractivity contribution in [2.75, 3.05) is 0 Å². The molecule has 0 spiro atoms. The minimum atomic E-state index is -4.36. The van der Waals surface area contributed by atoms with Crippen LogP contribution in [0.25, 0.3) is 0 Å². The average molecular weight is 255 g/mol. The summed E-state index contributed by atoms with van der Waals surface area (Å²) in [7, 11) is 0. The fourth-order valence-corrected chi connectivity index (χ4v) is 1.17. The van der Waals surface area contributed by atoms with Crippen molar-refractivity contribution in [2.45, 2.75) is 12.7 Å². The van der Waals surface area contributed by atoms with Crippen LogP contribution >= 0.6 is 15.9 Å². The maximum Gasteiger partial charge on any atom is 0.417 e. The van der Waals surface area contributed by atoms with Gasteiger partial charge in [0.2, 0.25) is 0 Å². The molecule has 0 bridgehead atoms. The lowest BCUT2D eigenvalue weighted by Gasteiger charge is -2.08. The van der Waals surface area contributed by atoms with Gasteiger partial charge in [-0.3, -0.25) is 0 Å². The van der Waals surface area contributed by atoms with Crippen molar-refractivity contribution in [1.29, 1.82) is 0 Å². The van der Waals surface area contributed by atoms with Crippen LogP contribution in [0.5, 0.6) is 0 Å². The molecule has 1 aromatic rings. The smallest absolute Gasteiger partial charge is 0.326 e. The number of nitrogens with zero attached hydrogens (tertiary/aromatic N) is 1. The fraction of sp³-hybridized carbons (Fsp3) is 0.286. The van der Waals surface area contributed by atoms with Crippen molar-refractivity contribution >= 4 is 15.9 Å². The molecule has 6 heteroatoms. The van der Waals surface area contributed by atoms with E-state index in [1.165, 1.54) is 0 Å². The number of nitrogens with two attached hydrogens (primary N) is 1. The minimum absolute atomic E-state index is 0.0253. The summed E-state index contributed by atoms with van der Waals surface area (Å²) in [5.41, 5.74) is 4.79. The Balaban J connectivity index is 3.14. The van der Waals surface area contributed by atoms with E-state index in [0.29, 0.717) is 10.2 Å². The topological polar surface area (TPSA) is 38.9 Å². The Morgan fingerprint density at radius 2 is 2.08 bits per heavy atom. The quantitative estimate of drug-likeness (QED) is 0.782. The Kier molecular flexibility index (Phi) is 2.92. The van der Waals surface area contributed by atoms with Gasteiger partial charge >= 0.3 is 6.18 Å². The molecule has 72 valence electrons. The van der Waals surface area contributed by atoms with E-state index in [1.54, 1.807) is 0 Å². The molecule has 0 unspecified atom stereocenters. The van der Waals surface area contributed by atoms with Gasteiger partial charge in [-0.05, 0) is 27.6 Å². The lowest BCUT2D eigenvalue weighted by atomic mass is 10.2. The van der Waals surface area contributed by atoms with E-state index in [-0.39, 0.29) is 6.54 Å². The van der Waals surface area contributed by atoms with Gasteiger partial charge in [0.1, 0.15) is 4.60 Å². The van der Waals surface area contributed by atoms with Crippen molar-refractivity contribution in [2.24, 2.45) is 5.73 Å². The Hall–Kier alpha value is -0.620. The Bertz CT molecular complexity index is 311. The highest BCUT2D eigenvalue weighted by atomic mass is 79.9. The van der Waals surface area contributed by atoms with Crippen LogP contribution in [0.15, 0.2) is 16.9 Å². The molecule has 0 aliphatic carbocycles. The number of rotatable bonds is 1. The highest BCUT2D eigenvalue weighted by Crippen LogP contribution is 2.30. The van der Waals surface area contributed by atoms with E-state index in [4.69, 9.17) is 5.73 Å². The van der Waals surface area contributed by atoms with Crippen LogP contribution in [0.4, 0.5) is 13.2 Å². The highest BCUT2D eigenvalue weighted by Gasteiger charge is 2.31. The minimum Gasteiger partial charge on any atom is -0.326 e. The second-order valence-electron chi connectivity index (χ2n) is 2.38. The molecule has 0 saturated heterocycles. The van der Waals surface area contributed by atoms with E-state index in [0.717, 1.165) is 12.3 Å². The Morgan fingerprint density at radius 1 is 1.46 bits per heavy atom. The predicted octanol–water partition coefficient (Wildman–Crippen LogP) is 2.32. The summed E-state index contributed by atoms with van der Waals surface area (Å²) >= 11 is 3.00. The molecule has 2 nitrogen and oxygen atoms in total. The molecule has 0 aliphatic rings. The van der Waals surface area contributed by atoms with E-state index < -0.39 is 11.7 Å². The molecule has 0 atom stereocenters. The number of alkyl halides is 3. The van der Waals surface area contributed by atoms with Gasteiger partial charge in [-0.1, -0.05) is 0 Å². The molecule has 0 saturated carbocycles. The molecular weight excluding hydrogens is 249 g/mol. The zero-order valence-corrected chi connectivity index (χ0v) is 7.98. The van der Waals surface area contributed by atoms with Crippen molar-refractivity contribution in [3.05, 3.63) is 28.0 Å². The molecule has 0 aliphatic heterocycles. The second-order valence-corrected chi connectivity index (χ2v) is 3.13. The van der Waals surface area contributed by atoms with Crippen LogP contribution in [0.2, 0.25) is 0 Å². The normalized spacial score (nSPS) is 11.8. The molecular formula is C7H6BrF3N2. The first kappa shape index (κ1) is 10.5. The summed E-state index contributed by atoms with van der Waals surface area (Å²) < 4.78 is 36.8. The molecule has 1 aromatic heterocycles. The Morgan fingerprint density at radius 3 is 2.54 bits per heavy atom. The van der Waals surface area contributed by atoms with E-state index >= 15 is 0 Å². The standard InChI is InChI=1S/C7H6BrF3N2/c8-6-4(2-12)1-5(3-13-6)7(9,10)11/h1,3H,2,12H2. The molecule has 0 fully saturated rings. The molecule has 13 heavy (non-hydrogen) atoms. The lowest BCUT2D eigenvalue weighted by molar-refractivity contribution is -0.137. The maximum atomic E-state index is 12.1. The first-order chi connectivity index (χ1) is 5.95. The largest absolute Gasteiger partial charge is 0.417 e. The van der Waals surface area contributed by atoms with Gasteiger partial charge in [-0.25, -0.2) is 4.98 Å². The van der Waals surface area contributed by atoms with Crippen LogP contribution in [-0.4, -0.2) is 4.98 Å². The van der Waals surface area contributed by atoms with Gasteiger partial charge in [-0.2, -0.15) is 13.2 Å². The Labute approximate surface area is 81.1 Å². The summed E-state index contributed by atoms with van der Waals surface area (Å²) in [6, 6.07) is 0.983. The summed E-state index contributed by atoms with van der Waals surface area (Å²) in [5.74, 6) is 0. The van der Waals surface area contributed by atoms with Crippen LogP contribution in [-0.2, 0) is 12.7 Å². The number of pyridine rings is 1. The summed E-state index contributed by atoms with van der Waals surface area (Å²) in [6.07, 6.45) is -3.60. The highest BCUT2D eigenvalue weighted by molar-refractivity contribution is 9.10. The van der Waals surface area contributed by atoms with Gasteiger partial charge in [-0.15, -0.1) is 0 Å². The predicted molar refractivity (Wildman–Crippen MR) is 44.8 cm³/mol. The zero-order valence-electron chi connectivity index (χ0n) is 6.40. The monoisotopic (exact) mass is 254 g/mol. The van der Waals surface area contributed by atoms with Gasteiger partial charge in [0.05, 0.1) is 5.56 Å². The van der Waals surface area contributed by atoms with Gasteiger partial charge in [0, 0.05) is 12.7 Å². The third kappa shape index (κ3) is 2.41. The molecule has 0 aromatic carbocycles. The first-order valence-corrected chi connectivity index (χ1v) is 4.16. The fourth-order valence-electron chi connectivity index (χ4n) is 0.792. The number of hydrogen-bond acceptors (Lipinski definition) is 2. The van der Waals surface area contributed by atoms with Crippen molar-refractivity contribution < 1.29 is 13.2 Å². The molecule has 1 rings (SSSR count). The third-order valence-electron chi connectivity index (χ3n) is 1.46. The van der Waals surface area contributed by atoms with Crippen molar-refractivity contribution in [3.63, 3.8) is 0 Å². The average Bonchev–Trinajstić information content (AvgIpc) is 2.03. The third-order valence-corrected chi connectivity index (χ3v) is 2.17. The molecule has 0 amide bonds. The van der Waals surface area contributed by atoms with Crippen LogP contribution < -0.4 is 5.73 Å². The van der Waals surface area contributed by atoms with Gasteiger partial charge in [0.15, 0.2) is 0 Å². The molecule has 1 heterocycles. The summed E-state index contributed by atoms with van der Waals surface area (Å²) in [4.78, 5) is 3.53. The van der Waals surface area contributed by atoms with Gasteiger partial charge in [0.25, 0.3) is 0 Å². The first-order valence-electron chi connectivity index (χ1n) is 3.37. The van der Waals surface area contributed by atoms with Crippen molar-refractivity contribution in [3.8, 4) is 0 Å². The zero-order chi connectivity index (χ0) is 10.1. The summed E-state index contributed by atoms with van der Waals surface area (Å²) in [6.45, 7) is 0.0253. The SMILES string of the molecule is NCc1cc(C(F)(F)F)cnc1Br. The molecule has 2 N–H and O–H groups in total. The maximum absolute atomic E-state index is 12.1. The second kappa shape index (κ2) is 3.63. The van der Waals surface area contributed by atoms with Gasteiger partial charge < -0.3 is 5.73 Å². The van der Waals surface area contributed by atoms with Crippen molar-refractivity contribution in [1.82, 2.24) is 4.98 Å². The lowest BCUT2D eigenvalue weighted by Crippen LogP contribution is -2.08. The van der Waals surface area contributed by atoms with E-state index in [2.05, 4.69) is 20.9 Å². The summed E-state index contributed by atoms with van der Waals surface area (Å²) in [5, 5.41) is 0. The van der Waals surface area contributed by atoms with E-state index in [9.17, 15) is 13.2 Å². The van der Waals surface area contributed by atoms with Crippen LogP contribution in [0.3, 0.4) is 0 Å². The molecule has 0 radical (unpaired) electrons. The van der Waals surface area contributed by atoms with Crippen LogP contribution in [0, 0.1) is 0 Å². The number of aromatic nitrogens is 1.